The van der Waals surface area contributed by atoms with Crippen LogP contribution in [-0.4, -0.2) is 21.1 Å². The van der Waals surface area contributed by atoms with Crippen molar-refractivity contribution in [1.82, 2.24) is 15.2 Å². The van der Waals surface area contributed by atoms with Crippen molar-refractivity contribution in [1.29, 1.82) is 0 Å². The van der Waals surface area contributed by atoms with Crippen LogP contribution in [0.1, 0.15) is 15.5 Å². The minimum Gasteiger partial charge on any atom is -0.308 e. The molecule has 2 aromatic heterocycles. The molecule has 0 aliphatic carbocycles. The van der Waals surface area contributed by atoms with Gasteiger partial charge in [0.05, 0.1) is 0 Å². The number of aromatic nitrogens is 3. The molecule has 0 bridgehead atoms. The number of hydrogen-bond acceptors (Lipinski definition) is 7. The number of hydrazine groups is 1. The van der Waals surface area contributed by atoms with E-state index in [1.807, 2.05) is 31.2 Å². The van der Waals surface area contributed by atoms with Crippen LogP contribution in [-0.2, 0) is 0 Å². The number of nitrogens with two attached hydrogens (primary N) is 1. The molecule has 8 heteroatoms. The number of benzene rings is 1. The Kier molecular flexibility index (Phi) is 3.46. The lowest BCUT2D eigenvalue weighted by Gasteiger charge is -2.08. The van der Waals surface area contributed by atoms with Crippen LogP contribution in [0.25, 0.3) is 10.8 Å². The van der Waals surface area contributed by atoms with Crippen molar-refractivity contribution in [2.75, 3.05) is 10.7 Å². The van der Waals surface area contributed by atoms with E-state index in [0.717, 1.165) is 15.8 Å². The number of amides is 1. The zero-order valence-corrected chi connectivity index (χ0v) is 11.9. The SMILES string of the molecule is Cc1nnc(NC(=O)c2cc3ccccc3c(NN)n2)s1. The van der Waals surface area contributed by atoms with Gasteiger partial charge in [-0.3, -0.25) is 10.1 Å². The Labute approximate surface area is 124 Å². The van der Waals surface area contributed by atoms with Crippen LogP contribution in [0.3, 0.4) is 0 Å². The van der Waals surface area contributed by atoms with E-state index in [1.54, 1.807) is 6.07 Å². The molecule has 3 aromatic rings. The highest BCUT2D eigenvalue weighted by Gasteiger charge is 2.13. The summed E-state index contributed by atoms with van der Waals surface area (Å²) < 4.78 is 0. The molecule has 4 N–H and O–H groups in total. The predicted molar refractivity (Wildman–Crippen MR) is 82.2 cm³/mol. The third kappa shape index (κ3) is 2.67. The first-order valence-electron chi connectivity index (χ1n) is 6.15. The molecular weight excluding hydrogens is 288 g/mol. The Bertz CT molecular complexity index is 815. The van der Waals surface area contributed by atoms with Crippen molar-refractivity contribution < 1.29 is 4.79 Å². The molecule has 21 heavy (non-hydrogen) atoms. The molecule has 0 saturated heterocycles. The van der Waals surface area contributed by atoms with Gasteiger partial charge in [0.25, 0.3) is 5.91 Å². The van der Waals surface area contributed by atoms with E-state index in [-0.39, 0.29) is 11.6 Å². The quantitative estimate of drug-likeness (QED) is 0.504. The molecule has 0 spiro atoms. The third-order valence-corrected chi connectivity index (χ3v) is 3.61. The Morgan fingerprint density at radius 2 is 2.10 bits per heavy atom. The second kappa shape index (κ2) is 5.43. The number of carbonyl (C=O) groups excluding carboxylic acids is 1. The normalized spacial score (nSPS) is 10.6. The molecule has 3 rings (SSSR count). The lowest BCUT2D eigenvalue weighted by atomic mass is 10.1. The maximum absolute atomic E-state index is 12.2. The van der Waals surface area contributed by atoms with E-state index < -0.39 is 0 Å². The number of carbonyl (C=O) groups is 1. The van der Waals surface area contributed by atoms with Gasteiger partial charge >= 0.3 is 0 Å². The molecule has 0 radical (unpaired) electrons. The minimum absolute atomic E-state index is 0.259. The van der Waals surface area contributed by atoms with Gasteiger partial charge in [-0.2, -0.15) is 0 Å². The first-order valence-corrected chi connectivity index (χ1v) is 6.97. The van der Waals surface area contributed by atoms with Crippen molar-refractivity contribution in [3.8, 4) is 0 Å². The summed E-state index contributed by atoms with van der Waals surface area (Å²) in [6, 6.07) is 9.25. The number of nitrogens with zero attached hydrogens (tertiary/aromatic N) is 3. The van der Waals surface area contributed by atoms with E-state index in [1.165, 1.54) is 11.3 Å². The number of anilines is 2. The van der Waals surface area contributed by atoms with Gasteiger partial charge in [0.15, 0.2) is 0 Å². The van der Waals surface area contributed by atoms with Gasteiger partial charge in [0.2, 0.25) is 5.13 Å². The topological polar surface area (TPSA) is 106 Å². The van der Waals surface area contributed by atoms with Crippen molar-refractivity contribution >= 4 is 39.0 Å². The van der Waals surface area contributed by atoms with Crippen LogP contribution in [0.4, 0.5) is 10.9 Å². The fourth-order valence-corrected chi connectivity index (χ4v) is 2.52. The van der Waals surface area contributed by atoms with Gasteiger partial charge in [-0.1, -0.05) is 35.6 Å². The minimum atomic E-state index is -0.353. The molecule has 0 fully saturated rings. The van der Waals surface area contributed by atoms with Crippen LogP contribution in [0.2, 0.25) is 0 Å². The first kappa shape index (κ1) is 13.4. The number of aryl methyl sites for hydroxylation is 1. The number of nitrogens with one attached hydrogen (secondary N) is 2. The van der Waals surface area contributed by atoms with E-state index in [9.17, 15) is 4.79 Å². The lowest BCUT2D eigenvalue weighted by molar-refractivity contribution is 0.102. The molecule has 0 aliphatic rings. The van der Waals surface area contributed by atoms with Gasteiger partial charge in [-0.25, -0.2) is 10.8 Å². The molecule has 0 atom stereocenters. The first-order chi connectivity index (χ1) is 10.2. The fraction of sp³-hybridized carbons (Fsp3) is 0.0769. The standard InChI is InChI=1S/C13H12N6OS/c1-7-18-19-13(21-7)16-12(20)10-6-8-4-2-3-5-9(8)11(15-10)17-14/h2-6H,14H2,1H3,(H,15,17)(H,16,19,20). The van der Waals surface area contributed by atoms with Gasteiger partial charge in [0.1, 0.15) is 16.5 Å². The smallest absolute Gasteiger partial charge is 0.276 e. The third-order valence-electron chi connectivity index (χ3n) is 2.86. The highest BCUT2D eigenvalue weighted by atomic mass is 32.1. The summed E-state index contributed by atoms with van der Waals surface area (Å²) in [6.07, 6.45) is 0. The fourth-order valence-electron chi connectivity index (χ4n) is 1.93. The number of nitrogen functional groups attached to an aromatic ring is 1. The van der Waals surface area contributed by atoms with Crippen molar-refractivity contribution in [3.63, 3.8) is 0 Å². The summed E-state index contributed by atoms with van der Waals surface area (Å²) in [5.74, 6) is 5.57. The van der Waals surface area contributed by atoms with E-state index >= 15 is 0 Å². The summed E-state index contributed by atoms with van der Waals surface area (Å²) in [5.41, 5.74) is 2.78. The van der Waals surface area contributed by atoms with Crippen molar-refractivity contribution in [2.24, 2.45) is 5.84 Å². The predicted octanol–water partition coefficient (Wildman–Crippen LogP) is 1.93. The van der Waals surface area contributed by atoms with Gasteiger partial charge in [-0.15, -0.1) is 10.2 Å². The molecule has 7 nitrogen and oxygen atoms in total. The van der Waals surface area contributed by atoms with Crippen LogP contribution in [0.15, 0.2) is 30.3 Å². The molecule has 0 saturated carbocycles. The van der Waals surface area contributed by atoms with Crippen LogP contribution < -0.4 is 16.6 Å². The number of hydrogen-bond donors (Lipinski definition) is 3. The van der Waals surface area contributed by atoms with Crippen molar-refractivity contribution in [3.05, 3.63) is 41.0 Å². The summed E-state index contributed by atoms with van der Waals surface area (Å²) in [5, 5.41) is 13.3. The van der Waals surface area contributed by atoms with Crippen molar-refractivity contribution in [2.45, 2.75) is 6.92 Å². The van der Waals surface area contributed by atoms with Gasteiger partial charge in [-0.05, 0) is 18.4 Å². The lowest BCUT2D eigenvalue weighted by Crippen LogP contribution is -2.16. The average molecular weight is 300 g/mol. The number of fused-ring (bicyclic) bond motifs is 1. The summed E-state index contributed by atoms with van der Waals surface area (Å²) in [7, 11) is 0. The molecule has 106 valence electrons. The monoisotopic (exact) mass is 300 g/mol. The molecule has 1 aromatic carbocycles. The summed E-state index contributed by atoms with van der Waals surface area (Å²) >= 11 is 1.30. The number of pyridine rings is 1. The molecule has 2 heterocycles. The maximum atomic E-state index is 12.2. The zero-order valence-electron chi connectivity index (χ0n) is 11.1. The summed E-state index contributed by atoms with van der Waals surface area (Å²) in [6.45, 7) is 1.82. The number of rotatable bonds is 3. The Morgan fingerprint density at radius 3 is 2.81 bits per heavy atom. The highest BCUT2D eigenvalue weighted by molar-refractivity contribution is 7.15. The van der Waals surface area contributed by atoms with Crippen LogP contribution in [0, 0.1) is 6.92 Å². The summed E-state index contributed by atoms with van der Waals surface area (Å²) in [4.78, 5) is 16.5. The van der Waals surface area contributed by atoms with E-state index in [2.05, 4.69) is 25.9 Å². The van der Waals surface area contributed by atoms with Gasteiger partial charge in [0, 0.05) is 5.39 Å². The Balaban J connectivity index is 1.98. The Hall–Kier alpha value is -2.58. The highest BCUT2D eigenvalue weighted by Crippen LogP contribution is 2.22. The van der Waals surface area contributed by atoms with Gasteiger partial charge < -0.3 is 5.43 Å². The second-order valence-corrected chi connectivity index (χ2v) is 5.48. The van der Waals surface area contributed by atoms with E-state index in [0.29, 0.717) is 10.9 Å². The van der Waals surface area contributed by atoms with E-state index in [4.69, 9.17) is 5.84 Å². The average Bonchev–Trinajstić information content (AvgIpc) is 2.91. The van der Waals surface area contributed by atoms with Crippen LogP contribution >= 0.6 is 11.3 Å². The molecule has 1 amide bonds. The molecule has 0 unspecified atom stereocenters. The van der Waals surface area contributed by atoms with Crippen LogP contribution in [0.5, 0.6) is 0 Å². The molecular formula is C13H12N6OS. The maximum Gasteiger partial charge on any atom is 0.276 e. The second-order valence-electron chi connectivity index (χ2n) is 4.30. The largest absolute Gasteiger partial charge is 0.308 e. The molecule has 0 aliphatic heterocycles. The Morgan fingerprint density at radius 1 is 1.29 bits per heavy atom. The zero-order chi connectivity index (χ0) is 14.8.